The van der Waals surface area contributed by atoms with E-state index in [-0.39, 0.29) is 5.91 Å². The van der Waals surface area contributed by atoms with Gasteiger partial charge in [-0.25, -0.2) is 0 Å². The van der Waals surface area contributed by atoms with E-state index in [4.69, 9.17) is 0 Å². The lowest BCUT2D eigenvalue weighted by Crippen LogP contribution is -2.30. The monoisotopic (exact) mass is 397 g/mol. The maximum atomic E-state index is 13.5. The van der Waals surface area contributed by atoms with E-state index in [1.54, 1.807) is 0 Å². The number of para-hydroxylation sites is 1. The van der Waals surface area contributed by atoms with Crippen LogP contribution in [-0.2, 0) is 13.6 Å². The molecular formula is C26H27N3O. The standard InChI is InChI=1S/C26H27N3O/c1-28-24-12-6-5-11-22(24)23(18-29-15-7-2-8-16-29)25(28)26(30)27-21-14-13-19-9-3-4-10-20(19)17-21/h3-6,9-14,17H,2,7-8,15-16,18H2,1H3,(H,27,30). The SMILES string of the molecule is Cn1c(C(=O)Nc2ccc3ccccc3c2)c(CN2CCCCC2)c2ccccc21. The fourth-order valence-corrected chi connectivity index (χ4v) is 4.72. The van der Waals surface area contributed by atoms with E-state index in [0.29, 0.717) is 0 Å². The first-order valence-corrected chi connectivity index (χ1v) is 10.8. The highest BCUT2D eigenvalue weighted by Crippen LogP contribution is 2.29. The van der Waals surface area contributed by atoms with Crippen molar-refractivity contribution in [2.45, 2.75) is 25.8 Å². The third-order valence-corrected chi connectivity index (χ3v) is 6.26. The van der Waals surface area contributed by atoms with E-state index < -0.39 is 0 Å². The first kappa shape index (κ1) is 18.9. The first-order chi connectivity index (χ1) is 14.7. The lowest BCUT2D eigenvalue weighted by molar-refractivity contribution is 0.101. The van der Waals surface area contributed by atoms with E-state index in [9.17, 15) is 4.79 Å². The number of hydrogen-bond donors (Lipinski definition) is 1. The predicted octanol–water partition coefficient (Wildman–Crippen LogP) is 5.57. The number of nitrogens with zero attached hydrogens (tertiary/aromatic N) is 2. The maximum absolute atomic E-state index is 13.5. The Morgan fingerprint density at radius 2 is 1.63 bits per heavy atom. The van der Waals surface area contributed by atoms with Crippen LogP contribution in [0, 0.1) is 0 Å². The predicted molar refractivity (Wildman–Crippen MR) is 124 cm³/mol. The van der Waals surface area contributed by atoms with Gasteiger partial charge in [0, 0.05) is 35.7 Å². The zero-order valence-corrected chi connectivity index (χ0v) is 17.4. The van der Waals surface area contributed by atoms with Crippen molar-refractivity contribution in [3.8, 4) is 0 Å². The van der Waals surface area contributed by atoms with Gasteiger partial charge in [-0.15, -0.1) is 0 Å². The fourth-order valence-electron chi connectivity index (χ4n) is 4.72. The molecule has 1 fully saturated rings. The Bertz CT molecular complexity index is 1220. The largest absolute Gasteiger partial charge is 0.339 e. The number of rotatable bonds is 4. The summed E-state index contributed by atoms with van der Waals surface area (Å²) in [6, 6.07) is 22.6. The molecule has 1 aromatic heterocycles. The molecule has 1 saturated heterocycles. The molecule has 1 aliphatic heterocycles. The first-order valence-electron chi connectivity index (χ1n) is 10.8. The molecule has 1 amide bonds. The summed E-state index contributed by atoms with van der Waals surface area (Å²) in [6.45, 7) is 3.03. The van der Waals surface area contributed by atoms with Crippen LogP contribution >= 0.6 is 0 Å². The van der Waals surface area contributed by atoms with Crippen LogP contribution < -0.4 is 5.32 Å². The normalized spacial score (nSPS) is 15.0. The molecule has 152 valence electrons. The van der Waals surface area contributed by atoms with Crippen LogP contribution in [0.15, 0.2) is 66.7 Å². The second-order valence-corrected chi connectivity index (χ2v) is 8.26. The summed E-state index contributed by atoms with van der Waals surface area (Å²) in [5.74, 6) is -0.0454. The minimum absolute atomic E-state index is 0.0454. The van der Waals surface area contributed by atoms with Gasteiger partial charge in [-0.05, 0) is 54.9 Å². The fraction of sp³-hybridized carbons (Fsp3) is 0.269. The van der Waals surface area contributed by atoms with Gasteiger partial charge in [-0.2, -0.15) is 0 Å². The molecule has 0 atom stereocenters. The summed E-state index contributed by atoms with van der Waals surface area (Å²) in [5.41, 5.74) is 3.82. The third-order valence-electron chi connectivity index (χ3n) is 6.26. The van der Waals surface area contributed by atoms with E-state index in [2.05, 4.69) is 46.6 Å². The average molecular weight is 398 g/mol. The van der Waals surface area contributed by atoms with Crippen LogP contribution in [0.3, 0.4) is 0 Å². The molecule has 0 spiro atoms. The molecule has 3 aromatic carbocycles. The van der Waals surface area contributed by atoms with Crippen molar-refractivity contribution in [3.63, 3.8) is 0 Å². The Labute approximate surface area is 177 Å². The van der Waals surface area contributed by atoms with Gasteiger partial charge in [0.25, 0.3) is 5.91 Å². The van der Waals surface area contributed by atoms with Crippen LogP contribution in [0.4, 0.5) is 5.69 Å². The molecule has 0 aliphatic carbocycles. The Morgan fingerprint density at radius 3 is 2.47 bits per heavy atom. The van der Waals surface area contributed by atoms with Crippen LogP contribution in [0.2, 0.25) is 0 Å². The highest BCUT2D eigenvalue weighted by Gasteiger charge is 2.23. The summed E-state index contributed by atoms with van der Waals surface area (Å²) in [6.07, 6.45) is 3.79. The van der Waals surface area contributed by atoms with Gasteiger partial charge in [0.2, 0.25) is 0 Å². The number of carbonyl (C=O) groups is 1. The number of aromatic nitrogens is 1. The highest BCUT2D eigenvalue weighted by molar-refractivity contribution is 6.09. The number of anilines is 1. The Balaban J connectivity index is 1.52. The summed E-state index contributed by atoms with van der Waals surface area (Å²) in [5, 5.41) is 6.62. The Hall–Kier alpha value is -3.11. The number of aryl methyl sites for hydroxylation is 1. The number of benzene rings is 3. The number of hydrogen-bond acceptors (Lipinski definition) is 2. The number of likely N-dealkylation sites (tertiary alicyclic amines) is 1. The van der Waals surface area contributed by atoms with Crippen LogP contribution in [0.1, 0.15) is 35.3 Å². The molecule has 4 heteroatoms. The second kappa shape index (κ2) is 7.96. The maximum Gasteiger partial charge on any atom is 0.272 e. The van der Waals surface area contributed by atoms with Crippen molar-refractivity contribution in [3.05, 3.63) is 78.0 Å². The van der Waals surface area contributed by atoms with Gasteiger partial charge in [0.1, 0.15) is 5.69 Å². The van der Waals surface area contributed by atoms with Crippen molar-refractivity contribution in [2.75, 3.05) is 18.4 Å². The number of fused-ring (bicyclic) bond motifs is 2. The molecule has 4 aromatic rings. The Morgan fingerprint density at radius 1 is 0.900 bits per heavy atom. The molecule has 0 saturated carbocycles. The van der Waals surface area contributed by atoms with E-state index in [0.717, 1.165) is 47.5 Å². The molecule has 4 nitrogen and oxygen atoms in total. The number of nitrogens with one attached hydrogen (secondary N) is 1. The second-order valence-electron chi connectivity index (χ2n) is 8.26. The van der Waals surface area contributed by atoms with Crippen molar-refractivity contribution < 1.29 is 4.79 Å². The van der Waals surface area contributed by atoms with Gasteiger partial charge in [0.05, 0.1) is 0 Å². The van der Waals surface area contributed by atoms with Crippen LogP contribution in [0.25, 0.3) is 21.7 Å². The van der Waals surface area contributed by atoms with Crippen molar-refractivity contribution in [1.29, 1.82) is 0 Å². The Kier molecular flexibility index (Phi) is 5.01. The average Bonchev–Trinajstić information content (AvgIpc) is 3.06. The molecular weight excluding hydrogens is 370 g/mol. The molecule has 30 heavy (non-hydrogen) atoms. The summed E-state index contributed by atoms with van der Waals surface area (Å²) in [4.78, 5) is 15.9. The molecule has 1 N–H and O–H groups in total. The minimum atomic E-state index is -0.0454. The van der Waals surface area contributed by atoms with Gasteiger partial charge in [-0.3, -0.25) is 9.69 Å². The van der Waals surface area contributed by atoms with Crippen molar-refractivity contribution in [2.24, 2.45) is 7.05 Å². The van der Waals surface area contributed by atoms with Crippen LogP contribution in [-0.4, -0.2) is 28.5 Å². The summed E-state index contributed by atoms with van der Waals surface area (Å²) >= 11 is 0. The van der Waals surface area contributed by atoms with Gasteiger partial charge >= 0.3 is 0 Å². The molecule has 0 bridgehead atoms. The third kappa shape index (κ3) is 3.48. The zero-order chi connectivity index (χ0) is 20.5. The lowest BCUT2D eigenvalue weighted by Gasteiger charge is -2.26. The van der Waals surface area contributed by atoms with Crippen molar-refractivity contribution in [1.82, 2.24) is 9.47 Å². The quantitative estimate of drug-likeness (QED) is 0.489. The number of piperidine rings is 1. The summed E-state index contributed by atoms with van der Waals surface area (Å²) in [7, 11) is 2.00. The van der Waals surface area contributed by atoms with Gasteiger partial charge in [-0.1, -0.05) is 55.0 Å². The molecule has 1 aliphatic rings. The van der Waals surface area contributed by atoms with E-state index in [1.165, 1.54) is 30.0 Å². The van der Waals surface area contributed by atoms with Gasteiger partial charge < -0.3 is 9.88 Å². The topological polar surface area (TPSA) is 37.3 Å². The lowest BCUT2D eigenvalue weighted by atomic mass is 10.1. The smallest absolute Gasteiger partial charge is 0.272 e. The molecule has 2 heterocycles. The van der Waals surface area contributed by atoms with E-state index in [1.807, 2.05) is 41.9 Å². The van der Waals surface area contributed by atoms with Crippen LogP contribution in [0.5, 0.6) is 0 Å². The highest BCUT2D eigenvalue weighted by atomic mass is 16.2. The summed E-state index contributed by atoms with van der Waals surface area (Å²) < 4.78 is 2.05. The molecule has 0 radical (unpaired) electrons. The number of amides is 1. The van der Waals surface area contributed by atoms with Gasteiger partial charge in [0.15, 0.2) is 0 Å². The zero-order valence-electron chi connectivity index (χ0n) is 17.4. The molecule has 5 rings (SSSR count). The molecule has 0 unspecified atom stereocenters. The van der Waals surface area contributed by atoms with E-state index >= 15 is 0 Å². The number of carbonyl (C=O) groups excluding carboxylic acids is 1. The minimum Gasteiger partial charge on any atom is -0.339 e. The van der Waals surface area contributed by atoms with Crippen molar-refractivity contribution >= 4 is 33.3 Å².